The maximum Gasteiger partial charge on any atom is -0.000436 e. The lowest BCUT2D eigenvalue weighted by molar-refractivity contribution is 0.161. The van der Waals surface area contributed by atoms with Crippen molar-refractivity contribution in [3.63, 3.8) is 0 Å². The third-order valence-electron chi connectivity index (χ3n) is 5.10. The van der Waals surface area contributed by atoms with Crippen LogP contribution in [-0.2, 0) is 5.41 Å². The molecular weight excluding hydrogens is 242 g/mol. The summed E-state index contributed by atoms with van der Waals surface area (Å²) in [7, 11) is 0. The molecule has 1 heteroatoms. The van der Waals surface area contributed by atoms with E-state index in [0.717, 1.165) is 24.8 Å². The Bertz CT molecular complexity index is 378. The predicted octanol–water partition coefficient (Wildman–Crippen LogP) is 4.90. The fraction of sp³-hybridized carbons (Fsp3) is 0.684. The zero-order valence-electron chi connectivity index (χ0n) is 13.3. The zero-order valence-corrected chi connectivity index (χ0v) is 13.3. The van der Waals surface area contributed by atoms with E-state index in [1.54, 1.807) is 0 Å². The van der Waals surface area contributed by atoms with Crippen LogP contribution in [0.5, 0.6) is 0 Å². The van der Waals surface area contributed by atoms with Gasteiger partial charge in [-0.05, 0) is 55.0 Å². The van der Waals surface area contributed by atoms with Gasteiger partial charge in [0.15, 0.2) is 0 Å². The van der Waals surface area contributed by atoms with E-state index in [4.69, 9.17) is 5.73 Å². The van der Waals surface area contributed by atoms with Crippen molar-refractivity contribution in [2.24, 2.45) is 17.6 Å². The van der Waals surface area contributed by atoms with Gasteiger partial charge in [-0.2, -0.15) is 0 Å². The Kier molecular flexibility index (Phi) is 5.65. The summed E-state index contributed by atoms with van der Waals surface area (Å²) in [6.45, 7) is 5.52. The lowest BCUT2D eigenvalue weighted by Crippen LogP contribution is -2.40. The lowest BCUT2D eigenvalue weighted by Gasteiger charge is -2.45. The Morgan fingerprint density at radius 2 is 1.75 bits per heavy atom. The van der Waals surface area contributed by atoms with E-state index in [9.17, 15) is 0 Å². The van der Waals surface area contributed by atoms with Gasteiger partial charge in [-0.15, -0.1) is 0 Å². The molecule has 1 nitrogen and oxygen atoms in total. The SMILES string of the molecule is CC(C)CC(CCN)(c1ccccc1)C1CCCCC1. The van der Waals surface area contributed by atoms with Crippen LogP contribution in [0, 0.1) is 11.8 Å². The highest BCUT2D eigenvalue weighted by atomic mass is 14.6. The topological polar surface area (TPSA) is 26.0 Å². The first-order chi connectivity index (χ1) is 9.69. The summed E-state index contributed by atoms with van der Waals surface area (Å²) in [5.41, 5.74) is 7.88. The van der Waals surface area contributed by atoms with Crippen LogP contribution >= 0.6 is 0 Å². The maximum absolute atomic E-state index is 6.03. The highest BCUT2D eigenvalue weighted by Gasteiger charge is 2.40. The van der Waals surface area contributed by atoms with Gasteiger partial charge in [0, 0.05) is 0 Å². The molecule has 1 unspecified atom stereocenters. The van der Waals surface area contributed by atoms with E-state index in [1.807, 2.05) is 0 Å². The van der Waals surface area contributed by atoms with Gasteiger partial charge in [-0.1, -0.05) is 63.4 Å². The number of benzene rings is 1. The Labute approximate surface area is 125 Å². The fourth-order valence-electron chi connectivity index (χ4n) is 4.38. The molecule has 0 aliphatic heterocycles. The summed E-state index contributed by atoms with van der Waals surface area (Å²) in [5, 5.41) is 0. The van der Waals surface area contributed by atoms with Crippen molar-refractivity contribution in [3.05, 3.63) is 35.9 Å². The summed E-state index contributed by atoms with van der Waals surface area (Å²) in [6, 6.07) is 11.2. The first-order valence-electron chi connectivity index (χ1n) is 8.44. The Morgan fingerprint density at radius 1 is 1.10 bits per heavy atom. The number of rotatable bonds is 6. The molecule has 1 aliphatic rings. The molecule has 1 atom stereocenters. The molecule has 1 saturated carbocycles. The molecule has 0 aromatic heterocycles. The fourth-order valence-corrected chi connectivity index (χ4v) is 4.38. The monoisotopic (exact) mass is 273 g/mol. The van der Waals surface area contributed by atoms with Crippen LogP contribution in [0.15, 0.2) is 30.3 Å². The summed E-state index contributed by atoms with van der Waals surface area (Å²) < 4.78 is 0. The molecule has 1 fully saturated rings. The molecule has 0 bridgehead atoms. The van der Waals surface area contributed by atoms with Crippen LogP contribution in [-0.4, -0.2) is 6.54 Å². The minimum atomic E-state index is 0.310. The molecule has 0 heterocycles. The van der Waals surface area contributed by atoms with Crippen LogP contribution in [0.2, 0.25) is 0 Å². The van der Waals surface area contributed by atoms with Gasteiger partial charge in [0.25, 0.3) is 0 Å². The molecule has 2 rings (SSSR count). The molecule has 2 N–H and O–H groups in total. The summed E-state index contributed by atoms with van der Waals surface area (Å²) in [4.78, 5) is 0. The van der Waals surface area contributed by atoms with Gasteiger partial charge in [0.2, 0.25) is 0 Å². The molecule has 0 spiro atoms. The summed E-state index contributed by atoms with van der Waals surface area (Å²) in [6.07, 6.45) is 9.43. The van der Waals surface area contributed by atoms with Crippen molar-refractivity contribution in [2.45, 2.75) is 64.2 Å². The van der Waals surface area contributed by atoms with Gasteiger partial charge in [0.05, 0.1) is 0 Å². The quantitative estimate of drug-likeness (QED) is 0.784. The second-order valence-corrected chi connectivity index (χ2v) is 6.99. The second-order valence-electron chi connectivity index (χ2n) is 6.99. The Balaban J connectivity index is 2.37. The van der Waals surface area contributed by atoms with Crippen molar-refractivity contribution in [3.8, 4) is 0 Å². The van der Waals surface area contributed by atoms with Crippen LogP contribution in [0.25, 0.3) is 0 Å². The van der Waals surface area contributed by atoms with E-state index >= 15 is 0 Å². The third-order valence-corrected chi connectivity index (χ3v) is 5.10. The zero-order chi connectivity index (χ0) is 14.4. The maximum atomic E-state index is 6.03. The Hall–Kier alpha value is -0.820. The number of hydrogen-bond acceptors (Lipinski definition) is 1. The van der Waals surface area contributed by atoms with Gasteiger partial charge in [0.1, 0.15) is 0 Å². The molecule has 0 amide bonds. The van der Waals surface area contributed by atoms with E-state index in [1.165, 1.54) is 44.1 Å². The Morgan fingerprint density at radius 3 is 2.30 bits per heavy atom. The van der Waals surface area contributed by atoms with Gasteiger partial charge < -0.3 is 5.73 Å². The first-order valence-corrected chi connectivity index (χ1v) is 8.44. The van der Waals surface area contributed by atoms with E-state index in [2.05, 4.69) is 44.2 Å². The van der Waals surface area contributed by atoms with Crippen molar-refractivity contribution in [1.29, 1.82) is 0 Å². The minimum absolute atomic E-state index is 0.310. The standard InChI is InChI=1S/C19H31N/c1-16(2)15-19(13-14-20,17-9-5-3-6-10-17)18-11-7-4-8-12-18/h3,5-6,9-10,16,18H,4,7-8,11-15,20H2,1-2H3. The molecule has 112 valence electrons. The van der Waals surface area contributed by atoms with Crippen molar-refractivity contribution < 1.29 is 0 Å². The minimum Gasteiger partial charge on any atom is -0.330 e. The highest BCUT2D eigenvalue weighted by molar-refractivity contribution is 5.27. The summed E-state index contributed by atoms with van der Waals surface area (Å²) >= 11 is 0. The average Bonchev–Trinajstić information content (AvgIpc) is 2.48. The number of nitrogens with two attached hydrogens (primary N) is 1. The van der Waals surface area contributed by atoms with Crippen LogP contribution in [0.4, 0.5) is 0 Å². The molecule has 1 aromatic carbocycles. The summed E-state index contributed by atoms with van der Waals surface area (Å²) in [5.74, 6) is 1.55. The molecular formula is C19H31N. The van der Waals surface area contributed by atoms with Gasteiger partial charge in [-0.25, -0.2) is 0 Å². The van der Waals surface area contributed by atoms with Crippen LogP contribution in [0.3, 0.4) is 0 Å². The van der Waals surface area contributed by atoms with Crippen molar-refractivity contribution in [2.75, 3.05) is 6.54 Å². The van der Waals surface area contributed by atoms with E-state index in [0.29, 0.717) is 5.41 Å². The highest BCUT2D eigenvalue weighted by Crippen LogP contribution is 2.47. The van der Waals surface area contributed by atoms with E-state index < -0.39 is 0 Å². The molecule has 0 radical (unpaired) electrons. The average molecular weight is 273 g/mol. The van der Waals surface area contributed by atoms with Crippen LogP contribution in [0.1, 0.15) is 64.4 Å². The van der Waals surface area contributed by atoms with Crippen LogP contribution < -0.4 is 5.73 Å². The van der Waals surface area contributed by atoms with Gasteiger partial charge in [-0.3, -0.25) is 0 Å². The van der Waals surface area contributed by atoms with Crippen molar-refractivity contribution in [1.82, 2.24) is 0 Å². The smallest absolute Gasteiger partial charge is 0.000436 e. The van der Waals surface area contributed by atoms with E-state index in [-0.39, 0.29) is 0 Å². The molecule has 20 heavy (non-hydrogen) atoms. The normalized spacial score (nSPS) is 20.0. The van der Waals surface area contributed by atoms with Gasteiger partial charge >= 0.3 is 0 Å². The lowest BCUT2D eigenvalue weighted by atomic mass is 9.60. The molecule has 0 saturated heterocycles. The number of hydrogen-bond donors (Lipinski definition) is 1. The first kappa shape index (κ1) is 15.6. The second kappa shape index (κ2) is 7.26. The molecule has 1 aliphatic carbocycles. The van der Waals surface area contributed by atoms with Crippen molar-refractivity contribution >= 4 is 0 Å². The third kappa shape index (κ3) is 3.44. The largest absolute Gasteiger partial charge is 0.330 e. The molecule has 1 aromatic rings. The predicted molar refractivity (Wildman–Crippen MR) is 87.8 cm³/mol.